The summed E-state index contributed by atoms with van der Waals surface area (Å²) in [7, 11) is 0. The van der Waals surface area contributed by atoms with Crippen LogP contribution < -0.4 is 10.6 Å². The van der Waals surface area contributed by atoms with E-state index < -0.39 is 0 Å². The molecule has 5 heteroatoms. The van der Waals surface area contributed by atoms with Crippen LogP contribution in [0.3, 0.4) is 0 Å². The first kappa shape index (κ1) is 17.1. The predicted octanol–water partition coefficient (Wildman–Crippen LogP) is 4.37. The second-order valence-electron chi connectivity index (χ2n) is 6.04. The summed E-state index contributed by atoms with van der Waals surface area (Å²) >= 11 is 6.09. The zero-order valence-electron chi connectivity index (χ0n) is 13.3. The minimum absolute atomic E-state index is 0.258. The summed E-state index contributed by atoms with van der Waals surface area (Å²) in [5.74, 6) is 0.619. The van der Waals surface area contributed by atoms with Gasteiger partial charge in [-0.15, -0.1) is 0 Å². The van der Waals surface area contributed by atoms with Crippen molar-refractivity contribution in [3.63, 3.8) is 0 Å². The highest BCUT2D eigenvalue weighted by Crippen LogP contribution is 2.26. The number of aryl methyl sites for hydroxylation is 1. The van der Waals surface area contributed by atoms with Gasteiger partial charge in [0.25, 0.3) is 0 Å². The molecule has 2 N–H and O–H groups in total. The second-order valence-corrected chi connectivity index (χ2v) is 6.44. The topological polar surface area (TPSA) is 50.4 Å². The zero-order chi connectivity index (χ0) is 15.9. The van der Waals surface area contributed by atoms with E-state index >= 15 is 0 Å². The van der Waals surface area contributed by atoms with Gasteiger partial charge in [-0.2, -0.15) is 0 Å². The number of nitrogens with one attached hydrogen (secondary N) is 2. The number of anilines is 1. The summed E-state index contributed by atoms with van der Waals surface area (Å²) in [6.07, 6.45) is 5.26. The van der Waals surface area contributed by atoms with Gasteiger partial charge in [0.15, 0.2) is 0 Å². The van der Waals surface area contributed by atoms with Gasteiger partial charge in [-0.1, -0.05) is 37.4 Å². The molecule has 122 valence electrons. The first-order valence-corrected chi connectivity index (χ1v) is 8.36. The summed E-state index contributed by atoms with van der Waals surface area (Å²) in [5.41, 5.74) is 1.68. The van der Waals surface area contributed by atoms with Crippen molar-refractivity contribution in [3.05, 3.63) is 28.8 Å². The predicted molar refractivity (Wildman–Crippen MR) is 90.6 cm³/mol. The SMILES string of the molecule is Cc1ccc(NC(=O)NCCO[C@@H]2CCCC[C@H]2C)c(Cl)c1. The number of urea groups is 1. The average Bonchev–Trinajstić information content (AvgIpc) is 2.48. The van der Waals surface area contributed by atoms with Crippen molar-refractivity contribution in [1.29, 1.82) is 0 Å². The van der Waals surface area contributed by atoms with Crippen LogP contribution in [0.25, 0.3) is 0 Å². The molecule has 0 heterocycles. The number of amides is 2. The minimum Gasteiger partial charge on any atom is -0.376 e. The summed E-state index contributed by atoms with van der Waals surface area (Å²) in [6.45, 7) is 5.24. The number of rotatable bonds is 5. The Hall–Kier alpha value is -1.26. The highest BCUT2D eigenvalue weighted by molar-refractivity contribution is 6.33. The second kappa shape index (κ2) is 8.39. The van der Waals surface area contributed by atoms with Crippen molar-refractivity contribution < 1.29 is 9.53 Å². The maximum atomic E-state index is 11.8. The number of hydrogen-bond donors (Lipinski definition) is 2. The Kier molecular flexibility index (Phi) is 6.52. The van der Waals surface area contributed by atoms with Crippen molar-refractivity contribution >= 4 is 23.3 Å². The quantitative estimate of drug-likeness (QED) is 0.790. The first-order valence-electron chi connectivity index (χ1n) is 7.99. The monoisotopic (exact) mass is 324 g/mol. The van der Waals surface area contributed by atoms with Gasteiger partial charge in [-0.05, 0) is 43.4 Å². The number of ether oxygens (including phenoxy) is 1. The average molecular weight is 325 g/mol. The van der Waals surface area contributed by atoms with Crippen LogP contribution in [0.4, 0.5) is 10.5 Å². The number of halogens is 1. The highest BCUT2D eigenvalue weighted by Gasteiger charge is 2.21. The number of hydrogen-bond acceptors (Lipinski definition) is 2. The van der Waals surface area contributed by atoms with Gasteiger partial charge >= 0.3 is 6.03 Å². The standard InChI is InChI=1S/C17H25ClN2O2/c1-12-7-8-15(14(18)11-12)20-17(21)19-9-10-22-16-6-4-3-5-13(16)2/h7-8,11,13,16H,3-6,9-10H2,1-2H3,(H2,19,20,21)/t13-,16-/m1/s1. The van der Waals surface area contributed by atoms with Gasteiger partial charge < -0.3 is 15.4 Å². The molecule has 0 aromatic heterocycles. The van der Waals surface area contributed by atoms with E-state index in [1.54, 1.807) is 6.07 Å². The summed E-state index contributed by atoms with van der Waals surface area (Å²) in [4.78, 5) is 11.8. The third-order valence-corrected chi connectivity index (χ3v) is 4.44. The molecule has 1 aromatic carbocycles. The van der Waals surface area contributed by atoms with E-state index in [9.17, 15) is 4.79 Å². The number of carbonyl (C=O) groups is 1. The zero-order valence-corrected chi connectivity index (χ0v) is 14.1. The van der Waals surface area contributed by atoms with Crippen molar-refractivity contribution in [2.24, 2.45) is 5.92 Å². The molecule has 22 heavy (non-hydrogen) atoms. The highest BCUT2D eigenvalue weighted by atomic mass is 35.5. The molecule has 2 amide bonds. The lowest BCUT2D eigenvalue weighted by Gasteiger charge is -2.28. The van der Waals surface area contributed by atoms with Crippen LogP contribution in [0.1, 0.15) is 38.2 Å². The molecule has 4 nitrogen and oxygen atoms in total. The van der Waals surface area contributed by atoms with Crippen LogP contribution in [0.2, 0.25) is 5.02 Å². The van der Waals surface area contributed by atoms with E-state index in [1.807, 2.05) is 19.1 Å². The van der Waals surface area contributed by atoms with Crippen LogP contribution in [0.5, 0.6) is 0 Å². The molecular formula is C17H25ClN2O2. The van der Waals surface area contributed by atoms with Crippen LogP contribution in [-0.2, 0) is 4.74 Å². The molecule has 0 unspecified atom stereocenters. The molecule has 0 aliphatic heterocycles. The molecule has 2 rings (SSSR count). The molecule has 0 spiro atoms. The van der Waals surface area contributed by atoms with Crippen molar-refractivity contribution in [3.8, 4) is 0 Å². The Morgan fingerprint density at radius 2 is 2.14 bits per heavy atom. The van der Waals surface area contributed by atoms with E-state index in [0.717, 1.165) is 12.0 Å². The fourth-order valence-corrected chi connectivity index (χ4v) is 3.08. The van der Waals surface area contributed by atoms with Gasteiger partial charge in [0, 0.05) is 6.54 Å². The molecule has 1 aromatic rings. The molecule has 1 aliphatic carbocycles. The molecule has 2 atom stereocenters. The smallest absolute Gasteiger partial charge is 0.319 e. The van der Waals surface area contributed by atoms with E-state index in [4.69, 9.17) is 16.3 Å². The molecule has 0 radical (unpaired) electrons. The lowest BCUT2D eigenvalue weighted by atomic mass is 9.88. The Labute approximate surface area is 137 Å². The molecular weight excluding hydrogens is 300 g/mol. The minimum atomic E-state index is -0.258. The van der Waals surface area contributed by atoms with Crippen LogP contribution in [0, 0.1) is 12.8 Å². The Balaban J connectivity index is 1.67. The Morgan fingerprint density at radius 1 is 1.36 bits per heavy atom. The van der Waals surface area contributed by atoms with Crippen molar-refractivity contribution in [2.75, 3.05) is 18.5 Å². The third-order valence-electron chi connectivity index (χ3n) is 4.13. The fraction of sp³-hybridized carbons (Fsp3) is 0.588. The molecule has 1 saturated carbocycles. The Morgan fingerprint density at radius 3 is 2.86 bits per heavy atom. The lowest BCUT2D eigenvalue weighted by molar-refractivity contribution is -0.00232. The number of benzene rings is 1. The molecule has 1 fully saturated rings. The normalized spacial score (nSPS) is 21.4. The van der Waals surface area contributed by atoms with Gasteiger partial charge in [0.2, 0.25) is 0 Å². The van der Waals surface area contributed by atoms with Crippen molar-refractivity contribution in [2.45, 2.75) is 45.6 Å². The van der Waals surface area contributed by atoms with Crippen LogP contribution in [0.15, 0.2) is 18.2 Å². The molecule has 0 bridgehead atoms. The van der Waals surface area contributed by atoms with Crippen molar-refractivity contribution in [1.82, 2.24) is 5.32 Å². The van der Waals surface area contributed by atoms with E-state index in [2.05, 4.69) is 17.6 Å². The van der Waals surface area contributed by atoms with E-state index in [0.29, 0.717) is 35.9 Å². The maximum absolute atomic E-state index is 11.8. The molecule has 0 saturated heterocycles. The maximum Gasteiger partial charge on any atom is 0.319 e. The number of carbonyl (C=O) groups excluding carboxylic acids is 1. The lowest BCUT2D eigenvalue weighted by Crippen LogP contribution is -2.34. The van der Waals surface area contributed by atoms with Gasteiger partial charge in [0.1, 0.15) is 0 Å². The summed E-state index contributed by atoms with van der Waals surface area (Å²) in [6, 6.07) is 5.28. The summed E-state index contributed by atoms with van der Waals surface area (Å²) in [5, 5.41) is 6.08. The third kappa shape index (κ3) is 5.18. The van der Waals surface area contributed by atoms with Crippen LogP contribution >= 0.6 is 11.6 Å². The molecule has 1 aliphatic rings. The first-order chi connectivity index (χ1) is 10.6. The van der Waals surface area contributed by atoms with Gasteiger partial charge in [-0.3, -0.25) is 0 Å². The van der Waals surface area contributed by atoms with Gasteiger partial charge in [0.05, 0.1) is 23.4 Å². The largest absolute Gasteiger partial charge is 0.376 e. The van der Waals surface area contributed by atoms with E-state index in [1.165, 1.54) is 19.3 Å². The Bertz CT molecular complexity index is 507. The van der Waals surface area contributed by atoms with Gasteiger partial charge in [-0.25, -0.2) is 4.79 Å². The fourth-order valence-electron chi connectivity index (χ4n) is 2.79. The van der Waals surface area contributed by atoms with E-state index in [-0.39, 0.29) is 6.03 Å². The summed E-state index contributed by atoms with van der Waals surface area (Å²) < 4.78 is 5.87. The van der Waals surface area contributed by atoms with Crippen LogP contribution in [-0.4, -0.2) is 25.3 Å².